The van der Waals surface area contributed by atoms with E-state index < -0.39 is 30.9 Å². The second kappa shape index (κ2) is 9.40. The number of hydrogen-bond acceptors (Lipinski definition) is 7. The Balaban J connectivity index is 1.49. The zero-order chi connectivity index (χ0) is 24.3. The van der Waals surface area contributed by atoms with E-state index in [4.69, 9.17) is 10.00 Å². The molecule has 2 heterocycles. The predicted octanol–water partition coefficient (Wildman–Crippen LogP) is 2.89. The lowest BCUT2D eigenvalue weighted by Gasteiger charge is -2.38. The molecular weight excluding hydrogens is 446 g/mol. The van der Waals surface area contributed by atoms with E-state index in [0.29, 0.717) is 17.1 Å². The lowest BCUT2D eigenvalue weighted by atomic mass is 10.0. The van der Waals surface area contributed by atoms with Gasteiger partial charge in [0.05, 0.1) is 23.9 Å². The van der Waals surface area contributed by atoms with Crippen LogP contribution >= 0.6 is 0 Å². The van der Waals surface area contributed by atoms with Gasteiger partial charge in [0, 0.05) is 30.5 Å². The molecule has 0 radical (unpaired) electrons. The summed E-state index contributed by atoms with van der Waals surface area (Å²) in [5.41, 5.74) is 1.01. The summed E-state index contributed by atoms with van der Waals surface area (Å²) in [7, 11) is 0. The number of halogens is 2. The Hall–Kier alpha value is -4.12. The van der Waals surface area contributed by atoms with Crippen molar-refractivity contribution < 1.29 is 23.1 Å². The molecule has 1 N–H and O–H groups in total. The maximum Gasteiger partial charge on any atom is 0.301 e. The van der Waals surface area contributed by atoms with Crippen LogP contribution < -0.4 is 10.1 Å². The number of ether oxygens (including phenoxy) is 1. The molecule has 0 bridgehead atoms. The third-order valence-electron chi connectivity index (χ3n) is 5.65. The highest BCUT2D eigenvalue weighted by Gasteiger charge is 2.47. The average Bonchev–Trinajstić information content (AvgIpc) is 3.66. The van der Waals surface area contributed by atoms with Crippen LogP contribution in [0.5, 0.6) is 5.75 Å². The molecule has 174 valence electrons. The molecule has 1 aliphatic carbocycles. The normalized spacial score (nSPS) is 18.9. The zero-order valence-corrected chi connectivity index (χ0v) is 18.0. The number of rotatable bonds is 6. The minimum absolute atomic E-state index is 0.00880. The van der Waals surface area contributed by atoms with Crippen molar-refractivity contribution in [1.82, 2.24) is 14.9 Å². The minimum Gasteiger partial charge on any atom is -0.483 e. The fourth-order valence-corrected chi connectivity index (χ4v) is 3.65. The molecule has 11 heteroatoms. The molecule has 1 aromatic heterocycles. The van der Waals surface area contributed by atoms with Crippen LogP contribution in [-0.2, 0) is 9.59 Å². The summed E-state index contributed by atoms with van der Waals surface area (Å²) in [6.07, 6.45) is 0.857. The number of carbonyl (C=O) groups excluding carboxylic acids is 2. The topological polar surface area (TPSA) is 132 Å². The lowest BCUT2D eigenvalue weighted by Crippen LogP contribution is -2.55. The number of anilines is 1. The Labute approximate surface area is 194 Å². The van der Waals surface area contributed by atoms with Gasteiger partial charge < -0.3 is 15.0 Å². The van der Waals surface area contributed by atoms with Gasteiger partial charge in [-0.15, -0.1) is 0 Å². The molecular formula is C23H20F2N6O3. The van der Waals surface area contributed by atoms with Crippen LogP contribution in [0.15, 0.2) is 30.6 Å². The lowest BCUT2D eigenvalue weighted by molar-refractivity contribution is -0.159. The number of alkyl halides is 2. The molecule has 4 rings (SSSR count). The molecule has 2 fully saturated rings. The fraction of sp³-hybridized carbons (Fsp3) is 0.391. The summed E-state index contributed by atoms with van der Waals surface area (Å²) in [5, 5.41) is 20.9. The zero-order valence-electron chi connectivity index (χ0n) is 18.0. The smallest absolute Gasteiger partial charge is 0.301 e. The van der Waals surface area contributed by atoms with Crippen molar-refractivity contribution >= 4 is 17.6 Å². The second-order valence-corrected chi connectivity index (χ2v) is 8.18. The maximum absolute atomic E-state index is 14.7. The number of piperidine rings is 1. The minimum atomic E-state index is -3.35. The van der Waals surface area contributed by atoms with E-state index in [9.17, 15) is 23.6 Å². The van der Waals surface area contributed by atoms with Gasteiger partial charge in [0.1, 0.15) is 30.4 Å². The van der Waals surface area contributed by atoms with Crippen molar-refractivity contribution in [2.45, 2.75) is 37.7 Å². The monoisotopic (exact) mass is 466 g/mol. The van der Waals surface area contributed by atoms with E-state index >= 15 is 0 Å². The van der Waals surface area contributed by atoms with E-state index in [2.05, 4.69) is 15.3 Å². The number of nitrogens with zero attached hydrogens (tertiary/aromatic N) is 5. The number of amides is 2. The Bertz CT molecular complexity index is 1200. The summed E-state index contributed by atoms with van der Waals surface area (Å²) in [6.45, 7) is -0.828. The van der Waals surface area contributed by atoms with Gasteiger partial charge in [0.2, 0.25) is 11.8 Å². The second-order valence-electron chi connectivity index (χ2n) is 8.18. The number of benzene rings is 1. The van der Waals surface area contributed by atoms with Crippen molar-refractivity contribution in [3.8, 4) is 29.1 Å². The molecule has 0 spiro atoms. The fourth-order valence-electron chi connectivity index (χ4n) is 3.65. The summed E-state index contributed by atoms with van der Waals surface area (Å²) in [6, 6.07) is 9.65. The van der Waals surface area contributed by atoms with Crippen LogP contribution in [0.3, 0.4) is 0 Å². The molecule has 2 amide bonds. The summed E-state index contributed by atoms with van der Waals surface area (Å²) < 4.78 is 34.8. The number of nitriles is 2. The van der Waals surface area contributed by atoms with Gasteiger partial charge in [-0.2, -0.15) is 10.5 Å². The Morgan fingerprint density at radius 1 is 1.21 bits per heavy atom. The third kappa shape index (κ3) is 5.09. The van der Waals surface area contributed by atoms with Gasteiger partial charge in [0.25, 0.3) is 0 Å². The number of likely N-dealkylation sites (tertiary alicyclic amines) is 1. The average molecular weight is 466 g/mol. The van der Waals surface area contributed by atoms with E-state index in [-0.39, 0.29) is 36.1 Å². The molecule has 1 aromatic carbocycles. The summed E-state index contributed by atoms with van der Waals surface area (Å²) in [5.74, 6) is -3.78. The molecule has 1 saturated heterocycles. The molecule has 2 aliphatic rings. The van der Waals surface area contributed by atoms with Crippen LogP contribution in [0, 0.1) is 28.6 Å². The Morgan fingerprint density at radius 3 is 2.68 bits per heavy atom. The van der Waals surface area contributed by atoms with Crippen molar-refractivity contribution in [3.63, 3.8) is 0 Å². The highest BCUT2D eigenvalue weighted by Crippen LogP contribution is 2.34. The van der Waals surface area contributed by atoms with E-state index in [1.807, 2.05) is 6.07 Å². The molecule has 1 aliphatic heterocycles. The van der Waals surface area contributed by atoms with E-state index in [1.54, 1.807) is 18.2 Å². The van der Waals surface area contributed by atoms with Gasteiger partial charge in [-0.25, -0.2) is 18.7 Å². The van der Waals surface area contributed by atoms with Gasteiger partial charge in [-0.1, -0.05) is 0 Å². The maximum atomic E-state index is 14.7. The van der Waals surface area contributed by atoms with Crippen LogP contribution in [0.2, 0.25) is 0 Å². The number of aromatic nitrogens is 2. The third-order valence-corrected chi connectivity index (χ3v) is 5.65. The first kappa shape index (κ1) is 23.1. The van der Waals surface area contributed by atoms with Gasteiger partial charge >= 0.3 is 5.92 Å². The van der Waals surface area contributed by atoms with Crippen molar-refractivity contribution in [1.29, 1.82) is 10.5 Å². The van der Waals surface area contributed by atoms with Gasteiger partial charge in [-0.05, 0) is 31.0 Å². The molecule has 1 atom stereocenters. The van der Waals surface area contributed by atoms with E-state index in [0.717, 1.165) is 17.7 Å². The molecule has 2 aromatic rings. The number of carbonyl (C=O) groups is 2. The van der Waals surface area contributed by atoms with Gasteiger partial charge in [-0.3, -0.25) is 9.59 Å². The highest BCUT2D eigenvalue weighted by atomic mass is 19.3. The standard InChI is InChI=1S/C23H20F2N6O3/c24-23(25)12-31(21(32)5-7-26)8-6-19(23)34-18-4-3-15(9-16(18)11-27)17-10-20(29-13-28-17)30-22(33)14-1-2-14/h3-4,9-10,13-14,19H,1-2,5-6,8,12H2,(H,28,29,30,33). The SMILES string of the molecule is N#CCC(=O)N1CCC(Oc2ccc(-c3cc(NC(=O)C4CC4)ncn3)cc2C#N)C(F)(F)C1. The molecule has 34 heavy (non-hydrogen) atoms. The first-order chi connectivity index (χ1) is 16.3. The molecule has 9 nitrogen and oxygen atoms in total. The van der Waals surface area contributed by atoms with Crippen molar-refractivity contribution in [3.05, 3.63) is 36.2 Å². The largest absolute Gasteiger partial charge is 0.483 e. The first-order valence-electron chi connectivity index (χ1n) is 10.7. The number of hydrogen-bond donors (Lipinski definition) is 1. The van der Waals surface area contributed by atoms with Crippen LogP contribution in [0.4, 0.5) is 14.6 Å². The summed E-state index contributed by atoms with van der Waals surface area (Å²) in [4.78, 5) is 32.9. The van der Waals surface area contributed by atoms with Crippen LogP contribution in [-0.4, -0.2) is 51.8 Å². The molecule has 1 unspecified atom stereocenters. The van der Waals surface area contributed by atoms with Crippen molar-refractivity contribution in [2.24, 2.45) is 5.92 Å². The highest BCUT2D eigenvalue weighted by molar-refractivity contribution is 5.93. The van der Waals surface area contributed by atoms with Crippen molar-refractivity contribution in [2.75, 3.05) is 18.4 Å². The predicted molar refractivity (Wildman–Crippen MR) is 114 cm³/mol. The Morgan fingerprint density at radius 2 is 2.00 bits per heavy atom. The quantitative estimate of drug-likeness (QED) is 0.692. The molecule has 1 saturated carbocycles. The van der Waals surface area contributed by atoms with E-state index in [1.165, 1.54) is 18.5 Å². The van der Waals surface area contributed by atoms with Crippen LogP contribution in [0.1, 0.15) is 31.2 Å². The van der Waals surface area contributed by atoms with Crippen LogP contribution in [0.25, 0.3) is 11.3 Å². The first-order valence-corrected chi connectivity index (χ1v) is 10.7. The Kier molecular flexibility index (Phi) is 6.37. The summed E-state index contributed by atoms with van der Waals surface area (Å²) >= 11 is 0. The van der Waals surface area contributed by atoms with Gasteiger partial charge in [0.15, 0.2) is 6.10 Å². The number of nitrogens with one attached hydrogen (secondary N) is 1.